The molecule has 0 aromatic rings. The second-order valence-electron chi connectivity index (χ2n) is 32.4. The molecule has 3 N–H and O–H groups in total. The van der Waals surface area contributed by atoms with Crippen LogP contribution >= 0.6 is 15.6 Å². The number of aliphatic hydroxyl groups excluding tert-OH is 1. The zero-order chi connectivity index (χ0) is 78.5. The lowest BCUT2D eigenvalue weighted by molar-refractivity contribution is -0.161. The van der Waals surface area contributed by atoms with Gasteiger partial charge in [-0.15, -0.1) is 0 Å². The molecule has 0 aromatic heterocycles. The fourth-order valence-corrected chi connectivity index (χ4v) is 15.3. The second-order valence-corrected chi connectivity index (χ2v) is 35.3. The summed E-state index contributed by atoms with van der Waals surface area (Å²) in [4.78, 5) is 73.3. The Morgan fingerprint density at radius 3 is 0.710 bits per heavy atom. The first-order valence-electron chi connectivity index (χ1n) is 45.5. The van der Waals surface area contributed by atoms with Gasteiger partial charge in [-0.1, -0.05) is 420 Å². The first kappa shape index (κ1) is 105. The summed E-state index contributed by atoms with van der Waals surface area (Å²) in [5.74, 6) is -0.590. The molecule has 6 atom stereocenters. The maximum Gasteiger partial charge on any atom is 0.472 e. The van der Waals surface area contributed by atoms with Crippen molar-refractivity contribution in [1.29, 1.82) is 0 Å². The highest BCUT2D eigenvalue weighted by Gasteiger charge is 2.31. The number of phosphoric ester groups is 2. The Labute approximate surface area is 658 Å². The molecular formula is C88H172O17P2. The van der Waals surface area contributed by atoms with E-state index in [4.69, 9.17) is 37.0 Å². The van der Waals surface area contributed by atoms with Gasteiger partial charge in [0, 0.05) is 25.7 Å². The highest BCUT2D eigenvalue weighted by Crippen LogP contribution is 2.45. The largest absolute Gasteiger partial charge is 0.472 e. The Hall–Kier alpha value is -1.94. The molecule has 0 aliphatic carbocycles. The number of carbonyl (C=O) groups is 4. The lowest BCUT2D eigenvalue weighted by Crippen LogP contribution is -2.30. The topological polar surface area (TPSA) is 237 Å². The average Bonchev–Trinajstić information content (AvgIpc) is 0.905. The molecule has 0 bridgehead atoms. The number of ether oxygens (including phenoxy) is 4. The molecule has 0 rings (SSSR count). The minimum Gasteiger partial charge on any atom is -0.462 e. The highest BCUT2D eigenvalue weighted by atomic mass is 31.2. The van der Waals surface area contributed by atoms with Gasteiger partial charge < -0.3 is 33.8 Å². The van der Waals surface area contributed by atoms with Gasteiger partial charge in [-0.2, -0.15) is 0 Å². The summed E-state index contributed by atoms with van der Waals surface area (Å²) in [5.41, 5.74) is 0. The summed E-state index contributed by atoms with van der Waals surface area (Å²) in [5, 5.41) is 10.7. The van der Waals surface area contributed by atoms with Gasteiger partial charge in [0.05, 0.1) is 26.4 Å². The molecule has 0 aliphatic heterocycles. The van der Waals surface area contributed by atoms with Crippen molar-refractivity contribution in [1.82, 2.24) is 0 Å². The van der Waals surface area contributed by atoms with E-state index in [1.54, 1.807) is 0 Å². The molecule has 0 spiro atoms. The SMILES string of the molecule is CCCCCCCCCCCCCCCCCCCCCCCCC(=O)O[C@H](COC(=O)CCCCCCCCCCCCCCCCCCCCCCC)COP(=O)(O)OC[C@@H](O)COP(=O)(O)OC[C@@H](COC(=O)CCCCCCCCCCC(C)CC)OC(=O)CCCCCCCCCCCC(C)C. The first-order valence-corrected chi connectivity index (χ1v) is 48.5. The van der Waals surface area contributed by atoms with E-state index >= 15 is 0 Å². The van der Waals surface area contributed by atoms with E-state index in [1.807, 2.05) is 0 Å². The van der Waals surface area contributed by atoms with Crippen LogP contribution in [0.25, 0.3) is 0 Å². The van der Waals surface area contributed by atoms with Crippen molar-refractivity contribution in [2.24, 2.45) is 11.8 Å². The van der Waals surface area contributed by atoms with Crippen LogP contribution in [-0.2, 0) is 65.4 Å². The van der Waals surface area contributed by atoms with Crippen LogP contribution in [0, 0.1) is 11.8 Å². The number of esters is 4. The molecule has 0 aliphatic rings. The van der Waals surface area contributed by atoms with Crippen molar-refractivity contribution in [2.75, 3.05) is 39.6 Å². The predicted molar refractivity (Wildman–Crippen MR) is 442 cm³/mol. The van der Waals surface area contributed by atoms with Crippen LogP contribution in [0.2, 0.25) is 0 Å². The van der Waals surface area contributed by atoms with Crippen LogP contribution in [-0.4, -0.2) is 96.7 Å². The predicted octanol–water partition coefficient (Wildman–Crippen LogP) is 27.0. The van der Waals surface area contributed by atoms with Crippen molar-refractivity contribution < 1.29 is 80.2 Å². The Morgan fingerprint density at radius 1 is 0.271 bits per heavy atom. The summed E-state index contributed by atoms with van der Waals surface area (Å²) in [6.07, 6.45) is 72.5. The number of unbranched alkanes of at least 4 members (excludes halogenated alkanes) is 56. The van der Waals surface area contributed by atoms with E-state index in [0.29, 0.717) is 25.7 Å². The Balaban J connectivity index is 5.21. The van der Waals surface area contributed by atoms with E-state index in [-0.39, 0.29) is 25.7 Å². The summed E-state index contributed by atoms with van der Waals surface area (Å²) in [7, 11) is -9.93. The molecule has 636 valence electrons. The third-order valence-electron chi connectivity index (χ3n) is 21.1. The van der Waals surface area contributed by atoms with E-state index < -0.39 is 97.5 Å². The quantitative estimate of drug-likeness (QED) is 0.0222. The maximum absolute atomic E-state index is 13.2. The van der Waals surface area contributed by atoms with Crippen LogP contribution in [0.3, 0.4) is 0 Å². The Morgan fingerprint density at radius 2 is 0.477 bits per heavy atom. The van der Waals surface area contributed by atoms with Crippen molar-refractivity contribution in [3.63, 3.8) is 0 Å². The zero-order valence-electron chi connectivity index (χ0n) is 70.5. The number of carbonyl (C=O) groups excluding carboxylic acids is 4. The molecule has 0 amide bonds. The van der Waals surface area contributed by atoms with Crippen molar-refractivity contribution in [2.45, 2.75) is 490 Å². The molecular weight excluding hydrogens is 1390 g/mol. The molecule has 0 saturated carbocycles. The summed E-state index contributed by atoms with van der Waals surface area (Å²) in [6.45, 7) is 9.65. The van der Waals surface area contributed by atoms with Gasteiger partial charge in [0.2, 0.25) is 0 Å². The van der Waals surface area contributed by atoms with Crippen LogP contribution < -0.4 is 0 Å². The number of phosphoric acid groups is 2. The lowest BCUT2D eigenvalue weighted by Gasteiger charge is -2.21. The zero-order valence-corrected chi connectivity index (χ0v) is 72.2. The van der Waals surface area contributed by atoms with Crippen LogP contribution in [0.1, 0.15) is 472 Å². The van der Waals surface area contributed by atoms with Gasteiger partial charge in [0.15, 0.2) is 12.2 Å². The third-order valence-corrected chi connectivity index (χ3v) is 23.0. The van der Waals surface area contributed by atoms with E-state index in [2.05, 4.69) is 41.5 Å². The van der Waals surface area contributed by atoms with Crippen molar-refractivity contribution in [3.05, 3.63) is 0 Å². The lowest BCUT2D eigenvalue weighted by atomic mass is 9.99. The first-order chi connectivity index (χ1) is 51.9. The number of rotatable bonds is 87. The smallest absolute Gasteiger partial charge is 0.462 e. The van der Waals surface area contributed by atoms with Gasteiger partial charge in [0.1, 0.15) is 19.3 Å². The number of hydrogen-bond donors (Lipinski definition) is 3. The van der Waals surface area contributed by atoms with E-state index in [0.717, 1.165) is 102 Å². The van der Waals surface area contributed by atoms with Gasteiger partial charge in [0.25, 0.3) is 0 Å². The number of hydrogen-bond acceptors (Lipinski definition) is 15. The highest BCUT2D eigenvalue weighted by molar-refractivity contribution is 7.47. The summed E-state index contributed by atoms with van der Waals surface area (Å²) in [6, 6.07) is 0. The molecule has 17 nitrogen and oxygen atoms in total. The van der Waals surface area contributed by atoms with Gasteiger partial charge in [-0.25, -0.2) is 9.13 Å². The number of aliphatic hydroxyl groups is 1. The fourth-order valence-electron chi connectivity index (χ4n) is 13.7. The summed E-state index contributed by atoms with van der Waals surface area (Å²) < 4.78 is 68.9. The van der Waals surface area contributed by atoms with Crippen molar-refractivity contribution >= 4 is 39.5 Å². The fraction of sp³-hybridized carbons (Fsp3) is 0.955. The summed E-state index contributed by atoms with van der Waals surface area (Å²) >= 11 is 0. The van der Waals surface area contributed by atoms with Crippen LogP contribution in [0.5, 0.6) is 0 Å². The van der Waals surface area contributed by atoms with Crippen molar-refractivity contribution in [3.8, 4) is 0 Å². The molecule has 0 radical (unpaired) electrons. The molecule has 19 heteroatoms. The molecule has 3 unspecified atom stereocenters. The van der Waals surface area contributed by atoms with E-state index in [9.17, 15) is 43.2 Å². The minimum absolute atomic E-state index is 0.105. The normalized spacial score (nSPS) is 14.0. The maximum atomic E-state index is 13.2. The minimum atomic E-state index is -4.97. The molecule has 107 heavy (non-hydrogen) atoms. The van der Waals surface area contributed by atoms with Gasteiger partial charge in [-0.3, -0.25) is 37.3 Å². The van der Waals surface area contributed by atoms with Crippen LogP contribution in [0.15, 0.2) is 0 Å². The molecule has 0 fully saturated rings. The van der Waals surface area contributed by atoms with Crippen LogP contribution in [0.4, 0.5) is 0 Å². The molecule has 0 heterocycles. The monoisotopic (exact) mass is 1560 g/mol. The van der Waals surface area contributed by atoms with Gasteiger partial charge >= 0.3 is 39.5 Å². The van der Waals surface area contributed by atoms with E-state index in [1.165, 1.54) is 289 Å². The average molecular weight is 1560 g/mol. The van der Waals surface area contributed by atoms with Gasteiger partial charge in [-0.05, 0) is 37.5 Å². The third kappa shape index (κ3) is 80.5. The Bertz CT molecular complexity index is 2050. The molecule has 0 aromatic carbocycles. The second kappa shape index (κ2) is 79.3. The standard InChI is InChI=1S/C88H172O17P2/c1-7-10-12-14-16-18-20-22-24-26-28-30-32-34-36-38-40-42-46-54-60-66-72-87(92)104-83(76-98-85(90)70-64-58-52-45-41-39-37-35-33-31-29-27-25-23-21-19-17-15-13-11-8-2)78-102-106(94,95)100-74-82(89)75-101-107(96,97)103-79-84(105-88(93)73-67-61-55-47-43-44-50-56-62-68-80(4)5)77-99-86(91)71-65-59-53-49-48-51-57-63-69-81(6)9-3/h80-84,89H,7-79H2,1-6H3,(H,94,95)(H,96,97)/t81?,82-,83-,84-/m1/s1. The molecule has 0 saturated heterocycles. The Kier molecular flexibility index (Phi) is 77.9.